The van der Waals surface area contributed by atoms with Gasteiger partial charge in [-0.15, -0.1) is 0 Å². The van der Waals surface area contributed by atoms with Gasteiger partial charge in [0.05, 0.1) is 0 Å². The van der Waals surface area contributed by atoms with Crippen molar-refractivity contribution in [1.82, 2.24) is 10.2 Å². The summed E-state index contributed by atoms with van der Waals surface area (Å²) in [5.41, 5.74) is 2.18. The van der Waals surface area contributed by atoms with E-state index in [0.717, 1.165) is 18.4 Å². The van der Waals surface area contributed by atoms with Crippen molar-refractivity contribution in [2.75, 3.05) is 14.1 Å². The third-order valence-corrected chi connectivity index (χ3v) is 5.35. The Morgan fingerprint density at radius 2 is 1.90 bits per heavy atom. The van der Waals surface area contributed by atoms with Crippen LogP contribution in [0.25, 0.3) is 0 Å². The van der Waals surface area contributed by atoms with Gasteiger partial charge in [-0.2, -0.15) is 0 Å². The lowest BCUT2D eigenvalue weighted by Crippen LogP contribution is -2.41. The summed E-state index contributed by atoms with van der Waals surface area (Å²) < 4.78 is 13.8. The minimum atomic E-state index is -0.0164. The molecule has 1 aromatic rings. The van der Waals surface area contributed by atoms with Gasteiger partial charge in [-0.1, -0.05) is 12.1 Å². The van der Waals surface area contributed by atoms with Crippen LogP contribution in [0.15, 0.2) is 18.2 Å². The van der Waals surface area contributed by atoms with E-state index in [2.05, 4.69) is 30.4 Å². The topological polar surface area (TPSA) is 15.3 Å². The van der Waals surface area contributed by atoms with E-state index < -0.39 is 0 Å². The molecule has 2 nitrogen and oxygen atoms in total. The Bertz CT molecular complexity index is 466. The highest BCUT2D eigenvalue weighted by Gasteiger charge is 2.32. The van der Waals surface area contributed by atoms with Crippen molar-refractivity contribution in [3.8, 4) is 0 Å². The van der Waals surface area contributed by atoms with Gasteiger partial charge in [0.1, 0.15) is 5.82 Å². The number of hydrogen-bond donors (Lipinski definition) is 1. The van der Waals surface area contributed by atoms with Crippen LogP contribution >= 0.6 is 0 Å². The summed E-state index contributed by atoms with van der Waals surface area (Å²) in [5.74, 6) is -0.0164. The summed E-state index contributed by atoms with van der Waals surface area (Å²) in [4.78, 5) is 2.51. The average Bonchev–Trinajstić information content (AvgIpc) is 2.92. The van der Waals surface area contributed by atoms with Gasteiger partial charge >= 0.3 is 0 Å². The second kappa shape index (κ2) is 5.82. The van der Waals surface area contributed by atoms with Gasteiger partial charge in [-0.05, 0) is 69.8 Å². The van der Waals surface area contributed by atoms with Crippen LogP contribution in [0.1, 0.15) is 49.3 Å². The predicted molar refractivity (Wildman–Crippen MR) is 80.3 cm³/mol. The fraction of sp³-hybridized carbons (Fsp3) is 0.647. The molecule has 1 aromatic carbocycles. The fourth-order valence-corrected chi connectivity index (χ4v) is 4.04. The van der Waals surface area contributed by atoms with Crippen molar-refractivity contribution in [2.45, 2.75) is 56.7 Å². The molecule has 1 unspecified atom stereocenters. The first kappa shape index (κ1) is 14.0. The zero-order valence-corrected chi connectivity index (χ0v) is 12.5. The van der Waals surface area contributed by atoms with Gasteiger partial charge in [-0.3, -0.25) is 4.90 Å². The number of halogens is 1. The molecule has 0 bridgehead atoms. The zero-order valence-electron chi connectivity index (χ0n) is 12.5. The van der Waals surface area contributed by atoms with Gasteiger partial charge in [0.25, 0.3) is 0 Å². The third-order valence-electron chi connectivity index (χ3n) is 5.35. The van der Waals surface area contributed by atoms with E-state index in [-0.39, 0.29) is 5.82 Å². The first-order valence-corrected chi connectivity index (χ1v) is 7.87. The van der Waals surface area contributed by atoms with E-state index in [4.69, 9.17) is 0 Å². The molecule has 0 radical (unpaired) electrons. The summed E-state index contributed by atoms with van der Waals surface area (Å²) in [6, 6.07) is 7.33. The highest BCUT2D eigenvalue weighted by molar-refractivity contribution is 5.35. The summed E-state index contributed by atoms with van der Waals surface area (Å²) in [7, 11) is 4.29. The summed E-state index contributed by atoms with van der Waals surface area (Å²) in [5, 5.41) is 3.39. The number of hydrogen-bond acceptors (Lipinski definition) is 2. The summed E-state index contributed by atoms with van der Waals surface area (Å²) >= 11 is 0. The zero-order chi connectivity index (χ0) is 14.1. The minimum Gasteiger partial charge on any atom is -0.317 e. The molecular formula is C17H25FN2. The van der Waals surface area contributed by atoms with Crippen LogP contribution in [0.2, 0.25) is 0 Å². The van der Waals surface area contributed by atoms with Crippen molar-refractivity contribution in [1.29, 1.82) is 0 Å². The standard InChI is InChI=1S/C17H25FN2/c1-19-12-6-8-13(9-7-12)20(2)17-11-10-14-15(17)4-3-5-16(14)18/h3-5,12-13,17,19H,6-11H2,1-2H3. The van der Waals surface area contributed by atoms with E-state index in [9.17, 15) is 4.39 Å². The molecule has 0 saturated heterocycles. The smallest absolute Gasteiger partial charge is 0.126 e. The lowest BCUT2D eigenvalue weighted by atomic mass is 9.89. The highest BCUT2D eigenvalue weighted by atomic mass is 19.1. The highest BCUT2D eigenvalue weighted by Crippen LogP contribution is 2.39. The lowest BCUT2D eigenvalue weighted by Gasteiger charge is -2.38. The molecule has 1 atom stereocenters. The Kier molecular flexibility index (Phi) is 4.08. The molecule has 0 heterocycles. The predicted octanol–water partition coefficient (Wildman–Crippen LogP) is 3.28. The minimum absolute atomic E-state index is 0.0164. The maximum absolute atomic E-state index is 13.8. The molecule has 3 heteroatoms. The van der Waals surface area contributed by atoms with Gasteiger partial charge < -0.3 is 5.32 Å². The quantitative estimate of drug-likeness (QED) is 0.911. The number of fused-ring (bicyclic) bond motifs is 1. The number of nitrogens with zero attached hydrogens (tertiary/aromatic N) is 1. The summed E-state index contributed by atoms with van der Waals surface area (Å²) in [6.07, 6.45) is 6.98. The third kappa shape index (κ3) is 2.49. The van der Waals surface area contributed by atoms with Gasteiger partial charge in [-0.25, -0.2) is 4.39 Å². The van der Waals surface area contributed by atoms with Crippen LogP contribution in [0.5, 0.6) is 0 Å². The molecule has 110 valence electrons. The van der Waals surface area contributed by atoms with E-state index >= 15 is 0 Å². The van der Waals surface area contributed by atoms with Crippen molar-refractivity contribution in [3.63, 3.8) is 0 Å². The van der Waals surface area contributed by atoms with Crippen molar-refractivity contribution in [3.05, 3.63) is 35.1 Å². The van der Waals surface area contributed by atoms with Gasteiger partial charge in [0, 0.05) is 18.1 Å². The average molecular weight is 276 g/mol. The molecule has 0 aliphatic heterocycles. The molecule has 3 rings (SSSR count). The number of benzene rings is 1. The van der Waals surface area contributed by atoms with E-state index in [1.165, 1.54) is 31.2 Å². The Hall–Kier alpha value is -0.930. The van der Waals surface area contributed by atoms with Gasteiger partial charge in [0.2, 0.25) is 0 Å². The molecule has 2 aliphatic carbocycles. The normalized spacial score (nSPS) is 29.7. The molecular weight excluding hydrogens is 251 g/mol. The van der Waals surface area contributed by atoms with E-state index in [0.29, 0.717) is 18.1 Å². The van der Waals surface area contributed by atoms with Crippen LogP contribution in [-0.2, 0) is 6.42 Å². The maximum atomic E-state index is 13.8. The van der Waals surface area contributed by atoms with E-state index in [1.807, 2.05) is 6.07 Å². The molecule has 1 N–H and O–H groups in total. The molecule has 20 heavy (non-hydrogen) atoms. The maximum Gasteiger partial charge on any atom is 0.126 e. The molecule has 1 saturated carbocycles. The van der Waals surface area contributed by atoms with Crippen LogP contribution < -0.4 is 5.32 Å². The molecule has 2 aliphatic rings. The van der Waals surface area contributed by atoms with Crippen molar-refractivity contribution < 1.29 is 4.39 Å². The van der Waals surface area contributed by atoms with Crippen LogP contribution in [-0.4, -0.2) is 31.1 Å². The Balaban J connectivity index is 1.71. The Labute approximate surface area is 121 Å². The van der Waals surface area contributed by atoms with Gasteiger partial charge in [0.15, 0.2) is 0 Å². The van der Waals surface area contributed by atoms with Crippen molar-refractivity contribution in [2.24, 2.45) is 0 Å². The first-order chi connectivity index (χ1) is 9.70. The SMILES string of the molecule is CNC1CCC(N(C)C2CCc3c(F)cccc32)CC1. The second-order valence-corrected chi connectivity index (χ2v) is 6.32. The Morgan fingerprint density at radius 3 is 2.60 bits per heavy atom. The molecule has 0 spiro atoms. The largest absolute Gasteiger partial charge is 0.317 e. The summed E-state index contributed by atoms with van der Waals surface area (Å²) in [6.45, 7) is 0. The van der Waals surface area contributed by atoms with Crippen LogP contribution in [0.4, 0.5) is 4.39 Å². The molecule has 0 amide bonds. The van der Waals surface area contributed by atoms with Crippen LogP contribution in [0.3, 0.4) is 0 Å². The number of rotatable bonds is 3. The Morgan fingerprint density at radius 1 is 1.15 bits per heavy atom. The molecule has 1 fully saturated rings. The first-order valence-electron chi connectivity index (χ1n) is 7.87. The lowest BCUT2D eigenvalue weighted by molar-refractivity contribution is 0.127. The monoisotopic (exact) mass is 276 g/mol. The van der Waals surface area contributed by atoms with E-state index in [1.54, 1.807) is 6.07 Å². The van der Waals surface area contributed by atoms with Crippen LogP contribution in [0, 0.1) is 5.82 Å². The molecule has 0 aromatic heterocycles. The number of nitrogens with one attached hydrogen (secondary N) is 1. The van der Waals surface area contributed by atoms with Crippen molar-refractivity contribution >= 4 is 0 Å². The fourth-order valence-electron chi connectivity index (χ4n) is 4.04. The second-order valence-electron chi connectivity index (χ2n) is 6.32.